The molecule has 0 unspecified atom stereocenters. The van der Waals surface area contributed by atoms with E-state index in [1.165, 1.54) is 0 Å². The number of nitrogens with two attached hydrogens (primary N) is 1. The number of nitrogens with zero attached hydrogens (tertiary/aromatic N) is 1. The summed E-state index contributed by atoms with van der Waals surface area (Å²) in [6.45, 7) is 2.93. The fourth-order valence-electron chi connectivity index (χ4n) is 2.48. The Morgan fingerprint density at radius 2 is 1.81 bits per heavy atom. The molecular weight excluding hydrogens is 228 g/mol. The maximum Gasteiger partial charge on any atom is 0.242 e. The Balaban J connectivity index is 0.00000128. The molecule has 0 radical (unpaired) electrons. The topological polar surface area (TPSA) is 55.6 Å². The highest BCUT2D eigenvalue weighted by Gasteiger charge is 2.39. The van der Waals surface area contributed by atoms with Gasteiger partial charge < -0.3 is 15.4 Å². The van der Waals surface area contributed by atoms with Crippen molar-refractivity contribution in [2.45, 2.75) is 37.6 Å². The Kier molecular flexibility index (Phi) is 5.02. The van der Waals surface area contributed by atoms with E-state index in [2.05, 4.69) is 0 Å². The van der Waals surface area contributed by atoms with E-state index in [4.69, 9.17) is 10.5 Å². The summed E-state index contributed by atoms with van der Waals surface area (Å²) in [6.07, 6.45) is 4.81. The van der Waals surface area contributed by atoms with Crippen molar-refractivity contribution in [2.24, 2.45) is 5.73 Å². The summed E-state index contributed by atoms with van der Waals surface area (Å²) < 4.78 is 5.34. The number of carbonyl (C=O) groups is 1. The van der Waals surface area contributed by atoms with Crippen LogP contribution in [0, 0.1) is 0 Å². The summed E-state index contributed by atoms with van der Waals surface area (Å²) >= 11 is 0. The van der Waals surface area contributed by atoms with E-state index < -0.39 is 5.54 Å². The number of halogens is 1. The van der Waals surface area contributed by atoms with Crippen LogP contribution in [0.5, 0.6) is 0 Å². The third-order valence-corrected chi connectivity index (χ3v) is 3.43. The maximum absolute atomic E-state index is 12.2. The maximum atomic E-state index is 12.2. The smallest absolute Gasteiger partial charge is 0.242 e. The van der Waals surface area contributed by atoms with Crippen LogP contribution in [0.3, 0.4) is 0 Å². The molecule has 1 amide bonds. The van der Waals surface area contributed by atoms with Gasteiger partial charge in [0.1, 0.15) is 0 Å². The van der Waals surface area contributed by atoms with Crippen LogP contribution in [-0.4, -0.2) is 42.6 Å². The quantitative estimate of drug-likeness (QED) is 0.751. The van der Waals surface area contributed by atoms with E-state index in [1.54, 1.807) is 0 Å². The van der Waals surface area contributed by atoms with Crippen molar-refractivity contribution in [3.05, 3.63) is 0 Å². The zero-order valence-electron chi connectivity index (χ0n) is 9.61. The molecule has 0 aromatic heterocycles. The first-order chi connectivity index (χ1) is 7.22. The highest BCUT2D eigenvalue weighted by molar-refractivity contribution is 5.86. The molecule has 4 nitrogen and oxygen atoms in total. The van der Waals surface area contributed by atoms with Crippen molar-refractivity contribution in [2.75, 3.05) is 26.3 Å². The third kappa shape index (κ3) is 2.87. The minimum atomic E-state index is -0.565. The van der Waals surface area contributed by atoms with E-state index in [0.717, 1.165) is 45.3 Å². The molecule has 0 bridgehead atoms. The van der Waals surface area contributed by atoms with Crippen LogP contribution in [0.15, 0.2) is 0 Å². The van der Waals surface area contributed by atoms with Gasteiger partial charge in [-0.25, -0.2) is 0 Å². The van der Waals surface area contributed by atoms with E-state index in [-0.39, 0.29) is 18.3 Å². The molecule has 16 heavy (non-hydrogen) atoms. The lowest BCUT2D eigenvalue weighted by molar-refractivity contribution is -0.136. The normalized spacial score (nSPS) is 24.7. The Labute approximate surface area is 103 Å². The first-order valence-corrected chi connectivity index (χ1v) is 5.88. The summed E-state index contributed by atoms with van der Waals surface area (Å²) in [5, 5.41) is 0. The van der Waals surface area contributed by atoms with Crippen LogP contribution in [0.1, 0.15) is 32.1 Å². The third-order valence-electron chi connectivity index (χ3n) is 3.43. The number of ether oxygens (including phenoxy) is 1. The molecule has 0 atom stereocenters. The second-order valence-corrected chi connectivity index (χ2v) is 4.62. The summed E-state index contributed by atoms with van der Waals surface area (Å²) in [4.78, 5) is 14.1. The van der Waals surface area contributed by atoms with Crippen LogP contribution < -0.4 is 5.73 Å². The molecule has 2 rings (SSSR count). The first kappa shape index (κ1) is 13.7. The average molecular weight is 249 g/mol. The molecule has 1 aliphatic carbocycles. The zero-order valence-corrected chi connectivity index (χ0v) is 10.4. The van der Waals surface area contributed by atoms with Crippen molar-refractivity contribution < 1.29 is 9.53 Å². The summed E-state index contributed by atoms with van der Waals surface area (Å²) in [5.74, 6) is 0.144. The van der Waals surface area contributed by atoms with Crippen molar-refractivity contribution in [1.29, 1.82) is 0 Å². The van der Waals surface area contributed by atoms with Crippen LogP contribution in [0.2, 0.25) is 0 Å². The number of carbonyl (C=O) groups excluding carboxylic acids is 1. The largest absolute Gasteiger partial charge is 0.380 e. The predicted octanol–water partition coefficient (Wildman–Crippen LogP) is 0.929. The lowest BCUT2D eigenvalue weighted by atomic mass is 9.97. The monoisotopic (exact) mass is 248 g/mol. The fourth-order valence-corrected chi connectivity index (χ4v) is 2.48. The fraction of sp³-hybridized carbons (Fsp3) is 0.909. The molecule has 1 heterocycles. The number of hydrogen-bond donors (Lipinski definition) is 1. The van der Waals surface area contributed by atoms with Gasteiger partial charge in [-0.1, -0.05) is 12.8 Å². The number of hydrogen-bond acceptors (Lipinski definition) is 3. The Morgan fingerprint density at radius 1 is 1.12 bits per heavy atom. The van der Waals surface area contributed by atoms with Gasteiger partial charge in [-0.2, -0.15) is 0 Å². The van der Waals surface area contributed by atoms with E-state index in [9.17, 15) is 4.79 Å². The second-order valence-electron chi connectivity index (χ2n) is 4.62. The van der Waals surface area contributed by atoms with Gasteiger partial charge >= 0.3 is 0 Å². The standard InChI is InChI=1S/C11H20N2O2.ClH/c12-11(4-1-2-5-11)10(14)13-6-3-8-15-9-7-13;/h1-9,12H2;1H. The lowest BCUT2D eigenvalue weighted by Gasteiger charge is -2.30. The molecule has 0 aromatic carbocycles. The molecular formula is C11H21ClN2O2. The van der Waals surface area contributed by atoms with Gasteiger partial charge in [0.05, 0.1) is 12.1 Å². The Morgan fingerprint density at radius 3 is 2.50 bits per heavy atom. The number of rotatable bonds is 1. The summed E-state index contributed by atoms with van der Waals surface area (Å²) in [7, 11) is 0. The van der Waals surface area contributed by atoms with Gasteiger partial charge in [-0.15, -0.1) is 12.4 Å². The molecule has 2 fully saturated rings. The second kappa shape index (κ2) is 5.84. The molecule has 1 saturated carbocycles. The molecule has 1 aliphatic heterocycles. The van der Waals surface area contributed by atoms with Crippen LogP contribution in [0.25, 0.3) is 0 Å². The van der Waals surface area contributed by atoms with Gasteiger partial charge in [0.25, 0.3) is 0 Å². The van der Waals surface area contributed by atoms with Gasteiger partial charge in [0, 0.05) is 19.7 Å². The van der Waals surface area contributed by atoms with Crippen molar-refractivity contribution >= 4 is 18.3 Å². The minimum Gasteiger partial charge on any atom is -0.380 e. The average Bonchev–Trinajstić information content (AvgIpc) is 2.54. The van der Waals surface area contributed by atoms with Crippen LogP contribution in [-0.2, 0) is 9.53 Å². The molecule has 94 valence electrons. The van der Waals surface area contributed by atoms with Crippen LogP contribution in [0.4, 0.5) is 0 Å². The SMILES string of the molecule is Cl.NC1(C(=O)N2CCCOCC2)CCCC1. The highest BCUT2D eigenvalue weighted by Crippen LogP contribution is 2.29. The molecule has 0 spiro atoms. The predicted molar refractivity (Wildman–Crippen MR) is 64.7 cm³/mol. The van der Waals surface area contributed by atoms with E-state index in [1.807, 2.05) is 4.90 Å². The minimum absolute atomic E-state index is 0. The van der Waals surface area contributed by atoms with Crippen molar-refractivity contribution in [3.63, 3.8) is 0 Å². The molecule has 2 aliphatic rings. The van der Waals surface area contributed by atoms with Gasteiger partial charge in [-0.3, -0.25) is 4.79 Å². The van der Waals surface area contributed by atoms with Crippen molar-refractivity contribution in [1.82, 2.24) is 4.90 Å². The summed E-state index contributed by atoms with van der Waals surface area (Å²) in [5.41, 5.74) is 5.59. The van der Waals surface area contributed by atoms with Gasteiger partial charge in [0.15, 0.2) is 0 Å². The van der Waals surface area contributed by atoms with E-state index in [0.29, 0.717) is 13.2 Å². The Bertz CT molecular complexity index is 234. The molecule has 1 saturated heterocycles. The van der Waals surface area contributed by atoms with Gasteiger partial charge in [-0.05, 0) is 19.3 Å². The lowest BCUT2D eigenvalue weighted by Crippen LogP contribution is -2.54. The Hall–Kier alpha value is -0.320. The van der Waals surface area contributed by atoms with E-state index >= 15 is 0 Å². The molecule has 0 aromatic rings. The number of amides is 1. The van der Waals surface area contributed by atoms with Gasteiger partial charge in [0.2, 0.25) is 5.91 Å². The van der Waals surface area contributed by atoms with Crippen LogP contribution >= 0.6 is 12.4 Å². The highest BCUT2D eigenvalue weighted by atomic mass is 35.5. The summed E-state index contributed by atoms with van der Waals surface area (Å²) in [6, 6.07) is 0. The first-order valence-electron chi connectivity index (χ1n) is 5.88. The zero-order chi connectivity index (χ0) is 10.7. The molecule has 2 N–H and O–H groups in total. The molecule has 5 heteroatoms. The van der Waals surface area contributed by atoms with Crippen molar-refractivity contribution in [3.8, 4) is 0 Å².